The van der Waals surface area contributed by atoms with Gasteiger partial charge in [-0.05, 0) is 77.2 Å². The predicted octanol–water partition coefficient (Wildman–Crippen LogP) is 5.68. The number of benzene rings is 1. The Kier molecular flexibility index (Phi) is 8.43. The van der Waals surface area contributed by atoms with Crippen molar-refractivity contribution < 1.29 is 23.2 Å². The van der Waals surface area contributed by atoms with Crippen molar-refractivity contribution in [2.75, 3.05) is 6.54 Å². The van der Waals surface area contributed by atoms with Crippen LogP contribution in [0.2, 0.25) is 0 Å². The van der Waals surface area contributed by atoms with Gasteiger partial charge in [0, 0.05) is 49.5 Å². The lowest BCUT2D eigenvalue weighted by molar-refractivity contribution is -0.138. The maximum atomic E-state index is 13.8. The number of alkyl halides is 2. The van der Waals surface area contributed by atoms with Crippen molar-refractivity contribution in [1.29, 1.82) is 0 Å². The molecule has 0 radical (unpaired) electrons. The fourth-order valence-electron chi connectivity index (χ4n) is 8.01. The van der Waals surface area contributed by atoms with Crippen molar-refractivity contribution in [3.8, 4) is 0 Å². The Bertz CT molecular complexity index is 1120. The molecule has 2 unspecified atom stereocenters. The Balaban J connectivity index is 0.00000337. The molecule has 6 rings (SSSR count). The zero-order chi connectivity index (χ0) is 28.2. The molecule has 3 saturated heterocycles. The number of nitrogens with zero attached hydrogens (tertiary/aromatic N) is 3. The first-order valence-electron chi connectivity index (χ1n) is 15.3. The van der Waals surface area contributed by atoms with E-state index >= 15 is 0 Å². The zero-order valence-corrected chi connectivity index (χ0v) is 24.9. The van der Waals surface area contributed by atoms with Gasteiger partial charge in [0.25, 0.3) is 5.91 Å². The number of piperidine rings is 1. The van der Waals surface area contributed by atoms with Crippen LogP contribution in [-0.2, 0) is 9.59 Å². The first kappa shape index (κ1) is 30.2. The van der Waals surface area contributed by atoms with E-state index in [1.165, 1.54) is 0 Å². The van der Waals surface area contributed by atoms with E-state index in [1.54, 1.807) is 4.90 Å². The Hall–Kier alpha value is -2.26. The molecule has 3 atom stereocenters. The standard InChI is InChI=1S/C31H42F2N4O3.ClH/c1-20(2)37-29(40)36(23-8-9-23)28(39)30(37)18-24-10-11-25(19-30)35(24)17-14-26(21-6-4-3-5-7-21)34-27(38)22-12-15-31(32,33)16-13-22;/h3-7,20,22-26H,8-19H2,1-2H3,(H,34,38);1H/t24?,25?,26-,30?;/m0./s1. The average Bonchev–Trinajstić information content (AvgIpc) is 3.68. The molecule has 2 saturated carbocycles. The molecule has 1 spiro atoms. The van der Waals surface area contributed by atoms with Crippen molar-refractivity contribution in [3.05, 3.63) is 35.9 Å². The number of halogens is 3. The molecule has 5 fully saturated rings. The molecular formula is C31H43ClF2N4O3. The largest absolute Gasteiger partial charge is 0.349 e. The third-order valence-corrected chi connectivity index (χ3v) is 10.1. The Morgan fingerprint density at radius 1 is 0.951 bits per heavy atom. The summed E-state index contributed by atoms with van der Waals surface area (Å²) in [6.45, 7) is 4.79. The molecule has 7 nitrogen and oxygen atoms in total. The number of hydrogen-bond acceptors (Lipinski definition) is 4. The summed E-state index contributed by atoms with van der Waals surface area (Å²) in [6.07, 6.45) is 5.83. The molecule has 1 N–H and O–H groups in total. The highest BCUT2D eigenvalue weighted by atomic mass is 35.5. The van der Waals surface area contributed by atoms with Gasteiger partial charge in [0.15, 0.2) is 0 Å². The molecule has 226 valence electrons. The number of nitrogens with one attached hydrogen (secondary N) is 1. The second-order valence-corrected chi connectivity index (χ2v) is 13.1. The molecular weight excluding hydrogens is 550 g/mol. The minimum Gasteiger partial charge on any atom is -0.349 e. The highest BCUT2D eigenvalue weighted by Gasteiger charge is 2.65. The average molecular weight is 593 g/mol. The summed E-state index contributed by atoms with van der Waals surface area (Å²) < 4.78 is 27.4. The Morgan fingerprint density at radius 2 is 1.54 bits per heavy atom. The van der Waals surface area contributed by atoms with E-state index in [-0.39, 0.29) is 92.1 Å². The van der Waals surface area contributed by atoms with Gasteiger partial charge in [0.1, 0.15) is 5.54 Å². The molecule has 1 aromatic rings. The lowest BCUT2D eigenvalue weighted by Gasteiger charge is -2.48. The molecule has 3 aliphatic heterocycles. The van der Waals surface area contributed by atoms with Gasteiger partial charge in [-0.1, -0.05) is 30.3 Å². The normalized spacial score (nSPS) is 30.7. The molecule has 10 heteroatoms. The molecule has 2 bridgehead atoms. The lowest BCUT2D eigenvalue weighted by Crippen LogP contribution is -2.61. The number of hydrogen-bond donors (Lipinski definition) is 1. The van der Waals surface area contributed by atoms with Gasteiger partial charge in [-0.3, -0.25) is 19.4 Å². The van der Waals surface area contributed by atoms with E-state index in [1.807, 2.05) is 49.1 Å². The van der Waals surface area contributed by atoms with Crippen LogP contribution in [0.15, 0.2) is 30.3 Å². The molecule has 0 aromatic heterocycles. The smallest absolute Gasteiger partial charge is 0.328 e. The highest BCUT2D eigenvalue weighted by Crippen LogP contribution is 2.50. The van der Waals surface area contributed by atoms with Gasteiger partial charge in [0.2, 0.25) is 11.8 Å². The van der Waals surface area contributed by atoms with E-state index < -0.39 is 11.5 Å². The van der Waals surface area contributed by atoms with Crippen LogP contribution in [0.25, 0.3) is 0 Å². The van der Waals surface area contributed by atoms with Gasteiger partial charge in [-0.25, -0.2) is 13.6 Å². The van der Waals surface area contributed by atoms with Crippen LogP contribution in [0.1, 0.15) is 96.1 Å². The Morgan fingerprint density at radius 3 is 2.10 bits per heavy atom. The van der Waals surface area contributed by atoms with Crippen molar-refractivity contribution in [1.82, 2.24) is 20.0 Å². The van der Waals surface area contributed by atoms with E-state index in [9.17, 15) is 23.2 Å². The first-order chi connectivity index (χ1) is 19.1. The summed E-state index contributed by atoms with van der Waals surface area (Å²) in [5, 5.41) is 3.20. The second-order valence-electron chi connectivity index (χ2n) is 13.1. The Labute approximate surface area is 247 Å². The fourth-order valence-corrected chi connectivity index (χ4v) is 8.01. The number of fused-ring (bicyclic) bond motifs is 2. The van der Waals surface area contributed by atoms with Crippen LogP contribution < -0.4 is 5.32 Å². The van der Waals surface area contributed by atoms with Crippen LogP contribution in [-0.4, -0.2) is 74.7 Å². The van der Waals surface area contributed by atoms with Crippen molar-refractivity contribution >= 4 is 30.3 Å². The number of imide groups is 1. The molecule has 4 amide bonds. The summed E-state index contributed by atoms with van der Waals surface area (Å²) in [6, 6.07) is 10.0. The zero-order valence-electron chi connectivity index (χ0n) is 24.1. The minimum absolute atomic E-state index is 0. The summed E-state index contributed by atoms with van der Waals surface area (Å²) in [5.74, 6) is -3.16. The topological polar surface area (TPSA) is 73.0 Å². The van der Waals surface area contributed by atoms with Crippen LogP contribution in [0, 0.1) is 5.92 Å². The minimum atomic E-state index is -2.66. The van der Waals surface area contributed by atoms with Crippen molar-refractivity contribution in [3.63, 3.8) is 0 Å². The van der Waals surface area contributed by atoms with Crippen LogP contribution in [0.4, 0.5) is 13.6 Å². The van der Waals surface area contributed by atoms with Crippen LogP contribution >= 0.6 is 12.4 Å². The second kappa shape index (κ2) is 11.4. The lowest BCUT2D eigenvalue weighted by atomic mass is 9.80. The van der Waals surface area contributed by atoms with E-state index in [0.717, 1.165) is 37.8 Å². The molecule has 2 aliphatic carbocycles. The maximum Gasteiger partial charge on any atom is 0.328 e. The van der Waals surface area contributed by atoms with Crippen molar-refractivity contribution in [2.45, 2.75) is 126 Å². The molecule has 5 aliphatic rings. The van der Waals surface area contributed by atoms with Crippen molar-refractivity contribution in [2.24, 2.45) is 5.92 Å². The fraction of sp³-hybridized carbons (Fsp3) is 0.710. The quantitative estimate of drug-likeness (QED) is 0.394. The summed E-state index contributed by atoms with van der Waals surface area (Å²) >= 11 is 0. The van der Waals surface area contributed by atoms with Gasteiger partial charge in [-0.2, -0.15) is 0 Å². The summed E-state index contributed by atoms with van der Waals surface area (Å²) in [7, 11) is 0. The van der Waals surface area contributed by atoms with E-state index in [2.05, 4.69) is 10.2 Å². The van der Waals surface area contributed by atoms with Gasteiger partial charge in [0.05, 0.1) is 6.04 Å². The van der Waals surface area contributed by atoms with Crippen LogP contribution in [0.5, 0.6) is 0 Å². The SMILES string of the molecule is CC(C)N1C(=O)N(C2CC2)C(=O)C12CC1CCC(C2)N1CC[C@H](NC(=O)C1CCC(F)(F)CC1)c1ccccc1.Cl. The van der Waals surface area contributed by atoms with E-state index in [4.69, 9.17) is 0 Å². The number of urea groups is 1. The number of amides is 4. The summed E-state index contributed by atoms with van der Waals surface area (Å²) in [5.41, 5.74) is 0.271. The first-order valence-corrected chi connectivity index (χ1v) is 15.3. The highest BCUT2D eigenvalue weighted by molar-refractivity contribution is 6.08. The molecule has 1 aromatic carbocycles. The predicted molar refractivity (Wildman–Crippen MR) is 154 cm³/mol. The van der Waals surface area contributed by atoms with Gasteiger partial charge < -0.3 is 10.2 Å². The summed E-state index contributed by atoms with van der Waals surface area (Å²) in [4.78, 5) is 46.4. The van der Waals surface area contributed by atoms with E-state index in [0.29, 0.717) is 19.3 Å². The third kappa shape index (κ3) is 5.61. The number of carbonyl (C=O) groups excluding carboxylic acids is 3. The van der Waals surface area contributed by atoms with Crippen LogP contribution in [0.3, 0.4) is 0 Å². The third-order valence-electron chi connectivity index (χ3n) is 10.1. The monoisotopic (exact) mass is 592 g/mol. The maximum absolute atomic E-state index is 13.8. The molecule has 41 heavy (non-hydrogen) atoms. The number of carbonyl (C=O) groups is 3. The number of rotatable bonds is 8. The van der Waals surface area contributed by atoms with Gasteiger partial charge >= 0.3 is 6.03 Å². The molecule has 3 heterocycles. The van der Waals surface area contributed by atoms with Gasteiger partial charge in [-0.15, -0.1) is 12.4 Å².